The van der Waals surface area contributed by atoms with Crippen molar-refractivity contribution >= 4 is 35.4 Å². The first kappa shape index (κ1) is 23.1. The monoisotopic (exact) mass is 450 g/mol. The van der Waals surface area contributed by atoms with Crippen LogP contribution in [0.2, 0.25) is 5.02 Å². The van der Waals surface area contributed by atoms with Crippen molar-refractivity contribution in [3.63, 3.8) is 0 Å². The maximum absolute atomic E-state index is 13.0. The molecule has 0 N–H and O–H groups in total. The van der Waals surface area contributed by atoms with Crippen LogP contribution in [0.1, 0.15) is 51.0 Å². The van der Waals surface area contributed by atoms with Crippen LogP contribution in [0.15, 0.2) is 24.3 Å². The quantitative estimate of drug-likeness (QED) is 0.505. The Labute approximate surface area is 186 Å². The van der Waals surface area contributed by atoms with Gasteiger partial charge in [-0.15, -0.1) is 0 Å². The molecule has 0 bridgehead atoms. The maximum atomic E-state index is 13.0. The molecule has 1 aromatic carbocycles. The van der Waals surface area contributed by atoms with Gasteiger partial charge in [0.15, 0.2) is 5.78 Å². The highest BCUT2D eigenvalue weighted by molar-refractivity contribution is 6.31. The van der Waals surface area contributed by atoms with Crippen molar-refractivity contribution in [2.75, 3.05) is 20.4 Å². The van der Waals surface area contributed by atoms with Gasteiger partial charge < -0.3 is 14.4 Å². The van der Waals surface area contributed by atoms with E-state index in [1.807, 2.05) is 0 Å². The standard InChI is InChI=1S/C22H27ClN2O6/c1-15(26)25-13-7-10-18(25)20(28)30-14-31-21(29)24(2)22(12-6-5-11-19(22)27)16-8-3-4-9-17(16)23/h3-4,8-9,18H,5-7,10-14H2,1-2H3/t18-,22-/m0/s1. The fourth-order valence-corrected chi connectivity index (χ4v) is 4.80. The van der Waals surface area contributed by atoms with E-state index in [4.69, 9.17) is 21.1 Å². The Kier molecular flexibility index (Phi) is 7.20. The Balaban J connectivity index is 1.68. The number of rotatable bonds is 5. The van der Waals surface area contributed by atoms with Crippen molar-refractivity contribution in [1.29, 1.82) is 0 Å². The molecule has 9 heteroatoms. The summed E-state index contributed by atoms with van der Waals surface area (Å²) >= 11 is 6.39. The van der Waals surface area contributed by atoms with E-state index in [1.54, 1.807) is 24.3 Å². The lowest BCUT2D eigenvalue weighted by molar-refractivity contribution is -0.161. The predicted octanol–water partition coefficient (Wildman–Crippen LogP) is 3.26. The minimum Gasteiger partial charge on any atom is -0.426 e. The molecule has 0 aromatic heterocycles. The fraction of sp³-hybridized carbons (Fsp3) is 0.545. The molecule has 1 heterocycles. The van der Waals surface area contributed by atoms with Gasteiger partial charge in [-0.25, -0.2) is 9.59 Å². The number of hydrogen-bond acceptors (Lipinski definition) is 6. The summed E-state index contributed by atoms with van der Waals surface area (Å²) in [4.78, 5) is 52.5. The third-order valence-electron chi connectivity index (χ3n) is 6.13. The molecule has 31 heavy (non-hydrogen) atoms. The summed E-state index contributed by atoms with van der Waals surface area (Å²) in [7, 11) is 1.49. The average molecular weight is 451 g/mol. The number of benzene rings is 1. The van der Waals surface area contributed by atoms with Gasteiger partial charge in [-0.1, -0.05) is 29.8 Å². The van der Waals surface area contributed by atoms with Gasteiger partial charge in [-0.3, -0.25) is 14.5 Å². The van der Waals surface area contributed by atoms with Crippen LogP contribution in [0.5, 0.6) is 0 Å². The Morgan fingerprint density at radius 2 is 1.94 bits per heavy atom. The number of Topliss-reactive ketones (excluding diaryl/α,β-unsaturated/α-hetero) is 1. The lowest BCUT2D eigenvalue weighted by Gasteiger charge is -2.43. The first-order valence-electron chi connectivity index (χ1n) is 10.4. The van der Waals surface area contributed by atoms with Gasteiger partial charge >= 0.3 is 12.1 Å². The summed E-state index contributed by atoms with van der Waals surface area (Å²) in [6.07, 6.45) is 2.70. The van der Waals surface area contributed by atoms with Gasteiger partial charge in [0.25, 0.3) is 0 Å². The molecule has 2 amide bonds. The SMILES string of the molecule is CC(=O)N1CCC[C@H]1C(=O)OCOC(=O)N(C)[C@]1(c2ccccc2Cl)CCCCC1=O. The van der Waals surface area contributed by atoms with E-state index in [2.05, 4.69) is 0 Å². The molecule has 2 aliphatic rings. The molecule has 2 atom stereocenters. The second kappa shape index (κ2) is 9.68. The van der Waals surface area contributed by atoms with Crippen molar-refractivity contribution < 1.29 is 28.7 Å². The van der Waals surface area contributed by atoms with Gasteiger partial charge in [0.1, 0.15) is 11.6 Å². The number of esters is 1. The first-order valence-corrected chi connectivity index (χ1v) is 10.8. The van der Waals surface area contributed by atoms with E-state index in [0.29, 0.717) is 42.8 Å². The van der Waals surface area contributed by atoms with Gasteiger partial charge in [0.2, 0.25) is 12.7 Å². The lowest BCUT2D eigenvalue weighted by atomic mass is 9.74. The predicted molar refractivity (Wildman–Crippen MR) is 112 cm³/mol. The fourth-order valence-electron chi connectivity index (χ4n) is 4.50. The number of halogens is 1. The Hall–Kier alpha value is -2.61. The number of hydrogen-bond donors (Lipinski definition) is 0. The minimum absolute atomic E-state index is 0.105. The second-order valence-electron chi connectivity index (χ2n) is 7.89. The largest absolute Gasteiger partial charge is 0.426 e. The number of carbonyl (C=O) groups excluding carboxylic acids is 4. The number of carbonyl (C=O) groups is 4. The molecule has 1 aliphatic carbocycles. The van der Waals surface area contributed by atoms with E-state index in [0.717, 1.165) is 12.8 Å². The number of likely N-dealkylation sites (N-methyl/N-ethyl adjacent to an activating group) is 1. The molecule has 1 saturated carbocycles. The topological polar surface area (TPSA) is 93.2 Å². The second-order valence-corrected chi connectivity index (χ2v) is 8.30. The molecule has 1 aliphatic heterocycles. The van der Waals surface area contributed by atoms with Crippen molar-refractivity contribution in [3.05, 3.63) is 34.9 Å². The zero-order chi connectivity index (χ0) is 22.6. The summed E-state index contributed by atoms with van der Waals surface area (Å²) in [5.41, 5.74) is -0.671. The van der Waals surface area contributed by atoms with Crippen LogP contribution in [-0.2, 0) is 29.4 Å². The number of likely N-dealkylation sites (tertiary alicyclic amines) is 1. The van der Waals surface area contributed by atoms with Gasteiger partial charge in [0.05, 0.1) is 0 Å². The van der Waals surface area contributed by atoms with Crippen LogP contribution < -0.4 is 0 Å². The first-order chi connectivity index (χ1) is 14.8. The van der Waals surface area contributed by atoms with Crippen molar-refractivity contribution in [2.45, 2.75) is 57.0 Å². The minimum atomic E-state index is -1.23. The molecular weight excluding hydrogens is 424 g/mol. The van der Waals surface area contributed by atoms with Crippen LogP contribution in [0.4, 0.5) is 4.79 Å². The van der Waals surface area contributed by atoms with Crippen LogP contribution in [0.3, 0.4) is 0 Å². The smallest absolute Gasteiger partial charge is 0.413 e. The van der Waals surface area contributed by atoms with Crippen molar-refractivity contribution in [3.8, 4) is 0 Å². The zero-order valence-corrected chi connectivity index (χ0v) is 18.5. The highest BCUT2D eigenvalue weighted by Gasteiger charge is 2.48. The van der Waals surface area contributed by atoms with Crippen LogP contribution in [0, 0.1) is 0 Å². The Bertz CT molecular complexity index is 875. The zero-order valence-electron chi connectivity index (χ0n) is 17.8. The molecule has 1 aromatic rings. The van der Waals surface area contributed by atoms with Crippen LogP contribution >= 0.6 is 11.6 Å². The van der Waals surface area contributed by atoms with E-state index in [9.17, 15) is 19.2 Å². The summed E-state index contributed by atoms with van der Waals surface area (Å²) < 4.78 is 10.3. The maximum Gasteiger partial charge on any atom is 0.413 e. The molecular formula is C22H27ClN2O6. The van der Waals surface area contributed by atoms with Crippen LogP contribution in [-0.4, -0.2) is 60.0 Å². The van der Waals surface area contributed by atoms with E-state index in [-0.39, 0.29) is 11.7 Å². The molecule has 8 nitrogen and oxygen atoms in total. The summed E-state index contributed by atoms with van der Waals surface area (Å²) in [6, 6.07) is 6.30. The average Bonchev–Trinajstić information content (AvgIpc) is 3.24. The number of ketones is 1. The van der Waals surface area contributed by atoms with Gasteiger partial charge in [-0.05, 0) is 38.2 Å². The highest BCUT2D eigenvalue weighted by Crippen LogP contribution is 2.42. The molecule has 2 fully saturated rings. The van der Waals surface area contributed by atoms with E-state index >= 15 is 0 Å². The normalized spacial score (nSPS) is 23.4. The highest BCUT2D eigenvalue weighted by atomic mass is 35.5. The van der Waals surface area contributed by atoms with E-state index < -0.39 is 30.4 Å². The molecule has 3 rings (SSSR count). The summed E-state index contributed by atoms with van der Waals surface area (Å²) in [6.45, 7) is 1.30. The Morgan fingerprint density at radius 3 is 2.61 bits per heavy atom. The van der Waals surface area contributed by atoms with E-state index in [1.165, 1.54) is 23.8 Å². The lowest BCUT2D eigenvalue weighted by Crippen LogP contribution is -2.54. The third-order valence-corrected chi connectivity index (χ3v) is 6.46. The molecule has 0 spiro atoms. The van der Waals surface area contributed by atoms with Crippen molar-refractivity contribution in [2.24, 2.45) is 0 Å². The number of nitrogens with zero attached hydrogens (tertiary/aromatic N) is 2. The van der Waals surface area contributed by atoms with Gasteiger partial charge in [0, 0.05) is 37.5 Å². The molecule has 0 unspecified atom stereocenters. The Morgan fingerprint density at radius 1 is 1.19 bits per heavy atom. The molecule has 168 valence electrons. The molecule has 1 saturated heterocycles. The summed E-state index contributed by atoms with van der Waals surface area (Å²) in [5, 5.41) is 0.398. The number of amides is 2. The number of ether oxygens (including phenoxy) is 2. The van der Waals surface area contributed by atoms with Gasteiger partial charge in [-0.2, -0.15) is 0 Å². The molecule has 0 radical (unpaired) electrons. The summed E-state index contributed by atoms with van der Waals surface area (Å²) in [5.74, 6) is -0.919. The third kappa shape index (κ3) is 4.54. The van der Waals surface area contributed by atoms with Crippen LogP contribution in [0.25, 0.3) is 0 Å². The van der Waals surface area contributed by atoms with Crippen molar-refractivity contribution in [1.82, 2.24) is 9.80 Å².